The standard InChI is InChI=1S/C27H31NO6/c1-4-16-34-19-14-12-17(13-15-19)24-23(26(30)27(31)28(24)18-8-5-6-9-18)25(29)22-20(32-2)10-7-11-21(22)33-3/h7,10-15,18,24,29H,4-6,8-9,16H2,1-3H3/b25-23+. The van der Waals surface area contributed by atoms with Gasteiger partial charge >= 0.3 is 0 Å². The first-order valence-corrected chi connectivity index (χ1v) is 11.8. The summed E-state index contributed by atoms with van der Waals surface area (Å²) in [5, 5.41) is 11.5. The van der Waals surface area contributed by atoms with Crippen molar-refractivity contribution >= 4 is 17.4 Å². The summed E-state index contributed by atoms with van der Waals surface area (Å²) in [6, 6.07) is 11.7. The Morgan fingerprint density at radius 3 is 2.18 bits per heavy atom. The average molecular weight is 466 g/mol. The summed E-state index contributed by atoms with van der Waals surface area (Å²) < 4.78 is 16.6. The van der Waals surface area contributed by atoms with Crippen molar-refractivity contribution in [3.05, 3.63) is 59.2 Å². The molecule has 1 amide bonds. The third-order valence-electron chi connectivity index (χ3n) is 6.53. The van der Waals surface area contributed by atoms with Crippen LogP contribution in [0.25, 0.3) is 5.76 Å². The first-order valence-electron chi connectivity index (χ1n) is 11.8. The first kappa shape index (κ1) is 23.7. The van der Waals surface area contributed by atoms with Crippen LogP contribution in [0.4, 0.5) is 0 Å². The molecule has 1 saturated carbocycles. The quantitative estimate of drug-likeness (QED) is 0.341. The lowest BCUT2D eigenvalue weighted by molar-refractivity contribution is -0.141. The summed E-state index contributed by atoms with van der Waals surface area (Å²) >= 11 is 0. The van der Waals surface area contributed by atoms with E-state index in [0.29, 0.717) is 18.1 Å². The molecule has 0 bridgehead atoms. The number of hydrogen-bond donors (Lipinski definition) is 1. The predicted octanol–water partition coefficient (Wildman–Crippen LogP) is 4.86. The van der Waals surface area contributed by atoms with Gasteiger partial charge in [0.25, 0.3) is 11.7 Å². The van der Waals surface area contributed by atoms with Crippen molar-refractivity contribution in [1.29, 1.82) is 0 Å². The second kappa shape index (κ2) is 10.2. The maximum Gasteiger partial charge on any atom is 0.295 e. The van der Waals surface area contributed by atoms with Gasteiger partial charge in [0, 0.05) is 6.04 Å². The van der Waals surface area contributed by atoms with E-state index < -0.39 is 17.7 Å². The van der Waals surface area contributed by atoms with Crippen LogP contribution in [0.1, 0.15) is 56.2 Å². The fourth-order valence-corrected chi connectivity index (χ4v) is 4.92. The Balaban J connectivity index is 1.88. The van der Waals surface area contributed by atoms with Crippen molar-refractivity contribution in [2.45, 2.75) is 51.1 Å². The average Bonchev–Trinajstić information content (AvgIpc) is 3.48. The molecular weight excluding hydrogens is 434 g/mol. The van der Waals surface area contributed by atoms with Gasteiger partial charge in [-0.2, -0.15) is 0 Å². The molecule has 0 radical (unpaired) electrons. The molecule has 1 saturated heterocycles. The van der Waals surface area contributed by atoms with Gasteiger partial charge in [-0.3, -0.25) is 9.59 Å². The smallest absolute Gasteiger partial charge is 0.295 e. The molecule has 1 aliphatic carbocycles. The topological polar surface area (TPSA) is 85.3 Å². The third kappa shape index (κ3) is 4.22. The van der Waals surface area contributed by atoms with Gasteiger partial charge in [0.05, 0.1) is 32.4 Å². The lowest BCUT2D eigenvalue weighted by Gasteiger charge is -2.31. The van der Waals surface area contributed by atoms with E-state index in [1.165, 1.54) is 14.2 Å². The molecule has 1 heterocycles. The molecule has 1 aliphatic heterocycles. The van der Waals surface area contributed by atoms with Gasteiger partial charge in [-0.25, -0.2) is 0 Å². The van der Waals surface area contributed by atoms with E-state index in [1.54, 1.807) is 23.1 Å². The number of amides is 1. The number of aliphatic hydroxyl groups excluding tert-OH is 1. The van der Waals surface area contributed by atoms with Gasteiger partial charge in [0.2, 0.25) is 0 Å². The largest absolute Gasteiger partial charge is 0.506 e. The second-order valence-electron chi connectivity index (χ2n) is 8.60. The molecule has 180 valence electrons. The van der Waals surface area contributed by atoms with Crippen LogP contribution in [-0.2, 0) is 9.59 Å². The molecule has 2 fully saturated rings. The molecule has 7 nitrogen and oxygen atoms in total. The fraction of sp³-hybridized carbons (Fsp3) is 0.407. The van der Waals surface area contributed by atoms with Crippen LogP contribution >= 0.6 is 0 Å². The Hall–Kier alpha value is -3.48. The highest BCUT2D eigenvalue weighted by Crippen LogP contribution is 2.46. The van der Waals surface area contributed by atoms with Crippen LogP contribution in [0.5, 0.6) is 17.2 Å². The Kier molecular flexibility index (Phi) is 7.10. The summed E-state index contributed by atoms with van der Waals surface area (Å²) in [7, 11) is 2.96. The summed E-state index contributed by atoms with van der Waals surface area (Å²) in [5.41, 5.74) is 1.04. The number of methoxy groups -OCH3 is 2. The second-order valence-corrected chi connectivity index (χ2v) is 8.60. The van der Waals surface area contributed by atoms with Gasteiger partial charge in [-0.1, -0.05) is 38.0 Å². The zero-order valence-electron chi connectivity index (χ0n) is 19.9. The molecule has 2 aromatic carbocycles. The molecule has 1 unspecified atom stereocenters. The van der Waals surface area contributed by atoms with Crippen LogP contribution in [0.2, 0.25) is 0 Å². The number of rotatable bonds is 8. The number of hydrogen-bond acceptors (Lipinski definition) is 6. The number of ether oxygens (including phenoxy) is 3. The summed E-state index contributed by atoms with van der Waals surface area (Å²) in [6.45, 7) is 2.64. The van der Waals surface area contributed by atoms with Crippen molar-refractivity contribution < 1.29 is 28.9 Å². The third-order valence-corrected chi connectivity index (χ3v) is 6.53. The van der Waals surface area contributed by atoms with Crippen LogP contribution in [0, 0.1) is 0 Å². The van der Waals surface area contributed by atoms with Crippen molar-refractivity contribution in [2.75, 3.05) is 20.8 Å². The van der Waals surface area contributed by atoms with E-state index in [-0.39, 0.29) is 22.9 Å². The molecular formula is C27H31NO6. The molecule has 2 aromatic rings. The lowest BCUT2D eigenvalue weighted by atomic mass is 9.94. The molecule has 1 N–H and O–H groups in total. The molecule has 0 aromatic heterocycles. The Morgan fingerprint density at radius 2 is 1.62 bits per heavy atom. The van der Waals surface area contributed by atoms with Gasteiger partial charge in [-0.05, 0) is 49.1 Å². The highest BCUT2D eigenvalue weighted by molar-refractivity contribution is 6.46. The maximum absolute atomic E-state index is 13.4. The monoisotopic (exact) mass is 465 g/mol. The number of aliphatic hydroxyl groups is 1. The van der Waals surface area contributed by atoms with Gasteiger partial charge < -0.3 is 24.2 Å². The molecule has 34 heavy (non-hydrogen) atoms. The van der Waals surface area contributed by atoms with Crippen LogP contribution in [0.15, 0.2) is 48.0 Å². The lowest BCUT2D eigenvalue weighted by Crippen LogP contribution is -2.37. The highest BCUT2D eigenvalue weighted by atomic mass is 16.5. The maximum atomic E-state index is 13.4. The molecule has 0 spiro atoms. The summed E-state index contributed by atoms with van der Waals surface area (Å²) in [5.74, 6) is -0.163. The van der Waals surface area contributed by atoms with Crippen molar-refractivity contribution in [3.8, 4) is 17.2 Å². The molecule has 7 heteroatoms. The number of nitrogens with zero attached hydrogens (tertiary/aromatic N) is 1. The van der Waals surface area contributed by atoms with Crippen LogP contribution < -0.4 is 14.2 Å². The normalized spacial score (nSPS) is 20.1. The van der Waals surface area contributed by atoms with Gasteiger partial charge in [0.1, 0.15) is 28.6 Å². The number of carbonyl (C=O) groups excluding carboxylic acids is 2. The minimum atomic E-state index is -0.710. The minimum Gasteiger partial charge on any atom is -0.506 e. The fourth-order valence-electron chi connectivity index (χ4n) is 4.92. The van der Waals surface area contributed by atoms with E-state index in [0.717, 1.165) is 43.4 Å². The summed E-state index contributed by atoms with van der Waals surface area (Å²) in [4.78, 5) is 28.3. The van der Waals surface area contributed by atoms with E-state index in [1.807, 2.05) is 31.2 Å². The van der Waals surface area contributed by atoms with E-state index in [9.17, 15) is 14.7 Å². The van der Waals surface area contributed by atoms with Crippen molar-refractivity contribution in [3.63, 3.8) is 0 Å². The molecule has 1 atom stereocenters. The Bertz CT molecular complexity index is 1060. The number of Topliss-reactive ketones (excluding diaryl/α,β-unsaturated/α-hetero) is 1. The van der Waals surface area contributed by atoms with Crippen LogP contribution in [0.3, 0.4) is 0 Å². The predicted molar refractivity (Wildman–Crippen MR) is 128 cm³/mol. The van der Waals surface area contributed by atoms with Crippen molar-refractivity contribution in [2.24, 2.45) is 0 Å². The Labute approximate surface area is 199 Å². The van der Waals surface area contributed by atoms with Crippen molar-refractivity contribution in [1.82, 2.24) is 4.90 Å². The highest BCUT2D eigenvalue weighted by Gasteiger charge is 2.49. The minimum absolute atomic E-state index is 0.0435. The molecule has 2 aliphatic rings. The molecule has 4 rings (SSSR count). The number of benzene rings is 2. The number of likely N-dealkylation sites (tertiary alicyclic amines) is 1. The van der Waals surface area contributed by atoms with E-state index in [4.69, 9.17) is 14.2 Å². The summed E-state index contributed by atoms with van der Waals surface area (Å²) in [6.07, 6.45) is 4.57. The van der Waals surface area contributed by atoms with E-state index in [2.05, 4.69) is 0 Å². The number of carbonyl (C=O) groups is 2. The van der Waals surface area contributed by atoms with Crippen LogP contribution in [-0.4, -0.2) is 48.6 Å². The SMILES string of the molecule is CCCOc1ccc(C2/C(=C(\O)c3c(OC)cccc3OC)C(=O)C(=O)N2C2CCCC2)cc1. The van der Waals surface area contributed by atoms with Gasteiger partial charge in [0.15, 0.2) is 0 Å². The van der Waals surface area contributed by atoms with E-state index >= 15 is 0 Å². The Morgan fingerprint density at radius 1 is 1.00 bits per heavy atom. The zero-order valence-corrected chi connectivity index (χ0v) is 19.9. The zero-order chi connectivity index (χ0) is 24.2. The first-order chi connectivity index (χ1) is 16.5. The number of ketones is 1. The van der Waals surface area contributed by atoms with Gasteiger partial charge in [-0.15, -0.1) is 0 Å².